The molecule has 1 saturated carbocycles. The third-order valence-electron chi connectivity index (χ3n) is 9.96. The lowest BCUT2D eigenvalue weighted by molar-refractivity contribution is 0.0336. The van der Waals surface area contributed by atoms with E-state index < -0.39 is 0 Å². The largest absolute Gasteiger partial charge is 0.379 e. The second kappa shape index (κ2) is 14.5. The van der Waals surface area contributed by atoms with Gasteiger partial charge in [-0.1, -0.05) is 74.7 Å². The number of urea groups is 1. The van der Waals surface area contributed by atoms with Gasteiger partial charge in [0, 0.05) is 55.0 Å². The molecule has 0 spiro atoms. The van der Waals surface area contributed by atoms with Crippen LogP contribution >= 0.6 is 0 Å². The van der Waals surface area contributed by atoms with E-state index >= 15 is 0 Å². The highest BCUT2D eigenvalue weighted by molar-refractivity contribution is 6.08. The van der Waals surface area contributed by atoms with Crippen LogP contribution in [0.2, 0.25) is 0 Å². The minimum atomic E-state index is -0.320. The smallest absolute Gasteiger partial charge is 0.324 e. The molecule has 0 radical (unpaired) electrons. The molecule has 1 saturated heterocycles. The van der Waals surface area contributed by atoms with Crippen molar-refractivity contribution in [1.29, 1.82) is 0 Å². The Balaban J connectivity index is 1.19. The molecule has 9 nitrogen and oxygen atoms in total. The average molecular weight is 658 g/mol. The van der Waals surface area contributed by atoms with Crippen molar-refractivity contribution in [2.24, 2.45) is 0 Å². The molecule has 0 bridgehead atoms. The molecule has 3 heterocycles. The summed E-state index contributed by atoms with van der Waals surface area (Å²) in [7, 11) is 4.13. The Bertz CT molecular complexity index is 1900. The number of benzene rings is 3. The van der Waals surface area contributed by atoms with E-state index in [2.05, 4.69) is 102 Å². The van der Waals surface area contributed by atoms with E-state index in [1.54, 1.807) is 0 Å². The molecule has 5 aromatic rings. The molecule has 2 fully saturated rings. The maximum atomic E-state index is 13.9. The predicted molar refractivity (Wildman–Crippen MR) is 197 cm³/mol. The van der Waals surface area contributed by atoms with Crippen molar-refractivity contribution < 1.29 is 9.53 Å². The zero-order chi connectivity index (χ0) is 33.8. The number of carbonyl (C=O) groups excluding carboxylic acids is 1. The molecule has 1 aliphatic carbocycles. The number of anilines is 2. The molecule has 2 amide bonds. The summed E-state index contributed by atoms with van der Waals surface area (Å²) in [5.74, 6) is 0.651. The van der Waals surface area contributed by atoms with Gasteiger partial charge in [-0.15, -0.1) is 0 Å². The van der Waals surface area contributed by atoms with Crippen LogP contribution in [0.15, 0.2) is 85.1 Å². The first-order chi connectivity index (χ1) is 23.8. The first kappa shape index (κ1) is 33.0. The van der Waals surface area contributed by atoms with E-state index in [1.807, 2.05) is 29.1 Å². The van der Waals surface area contributed by atoms with E-state index in [9.17, 15) is 4.79 Å². The van der Waals surface area contributed by atoms with Crippen molar-refractivity contribution in [1.82, 2.24) is 24.6 Å². The number of hydrogen-bond donors (Lipinski definition) is 2. The molecule has 7 rings (SSSR count). The van der Waals surface area contributed by atoms with Crippen molar-refractivity contribution in [3.05, 3.63) is 102 Å². The van der Waals surface area contributed by atoms with Gasteiger partial charge in [0.15, 0.2) is 0 Å². The number of carbonyl (C=O) groups is 1. The van der Waals surface area contributed by atoms with Gasteiger partial charge >= 0.3 is 6.03 Å². The number of fused-ring (bicyclic) bond motifs is 1. The summed E-state index contributed by atoms with van der Waals surface area (Å²) < 4.78 is 7.40. The molecular weight excluding hydrogens is 610 g/mol. The van der Waals surface area contributed by atoms with Gasteiger partial charge in [0.2, 0.25) is 0 Å². The number of morpholine rings is 1. The molecule has 2 aliphatic rings. The van der Waals surface area contributed by atoms with Crippen LogP contribution in [0.1, 0.15) is 56.0 Å². The fourth-order valence-electron chi connectivity index (χ4n) is 7.31. The molecular formula is C40H47N7O2. The number of ether oxygens (including phenoxy) is 1. The summed E-state index contributed by atoms with van der Waals surface area (Å²) in [4.78, 5) is 23.3. The summed E-state index contributed by atoms with van der Waals surface area (Å²) in [5.41, 5.74) is 6.74. The highest BCUT2D eigenvalue weighted by atomic mass is 16.5. The average Bonchev–Trinajstić information content (AvgIpc) is 3.54. The number of amides is 2. The summed E-state index contributed by atoms with van der Waals surface area (Å²) >= 11 is 0. The Morgan fingerprint density at radius 1 is 0.918 bits per heavy atom. The maximum absolute atomic E-state index is 13.9. The molecule has 254 valence electrons. The third-order valence-corrected chi connectivity index (χ3v) is 9.96. The first-order valence-corrected chi connectivity index (χ1v) is 17.5. The summed E-state index contributed by atoms with van der Waals surface area (Å²) in [6.07, 6.45) is 7.76. The summed E-state index contributed by atoms with van der Waals surface area (Å²) in [6.45, 7) is 7.27. The van der Waals surface area contributed by atoms with Gasteiger partial charge in [0.1, 0.15) is 5.82 Å². The van der Waals surface area contributed by atoms with Crippen molar-refractivity contribution in [2.45, 2.75) is 57.5 Å². The van der Waals surface area contributed by atoms with Gasteiger partial charge in [-0.3, -0.25) is 15.2 Å². The van der Waals surface area contributed by atoms with Crippen molar-refractivity contribution >= 4 is 28.3 Å². The molecule has 0 unspecified atom stereocenters. The molecule has 49 heavy (non-hydrogen) atoms. The first-order valence-electron chi connectivity index (χ1n) is 17.5. The standard InChI is InChI=1S/C40H47N7O2/c1-40(18-7-4-8-19-40)36-25-37(47(44-36)33-12-9-10-29(24-33)27-45(2)3)43-39(48)42-35-17-15-30-11-5-6-13-34(30)38(35)31-14-16-32(41-26-31)28-46-20-22-49-23-21-46/h5-6,9-17,24-26H,4,7-8,18-23,27-28H2,1-3H3,(H2,42,43,48). The number of pyridine rings is 1. The summed E-state index contributed by atoms with van der Waals surface area (Å²) in [6, 6.07) is 26.6. The topological polar surface area (TPSA) is 87.6 Å². The predicted octanol–water partition coefficient (Wildman–Crippen LogP) is 7.85. The van der Waals surface area contributed by atoms with Crippen LogP contribution in [0.5, 0.6) is 0 Å². The van der Waals surface area contributed by atoms with Gasteiger partial charge < -0.3 is 15.0 Å². The summed E-state index contributed by atoms with van der Waals surface area (Å²) in [5, 5.41) is 13.7. The molecule has 2 aromatic heterocycles. The quantitative estimate of drug-likeness (QED) is 0.168. The Morgan fingerprint density at radius 2 is 1.73 bits per heavy atom. The van der Waals surface area contributed by atoms with Crippen LogP contribution in [-0.2, 0) is 23.2 Å². The van der Waals surface area contributed by atoms with Crippen LogP contribution in [0.25, 0.3) is 27.6 Å². The number of nitrogens with zero attached hydrogens (tertiary/aromatic N) is 5. The maximum Gasteiger partial charge on any atom is 0.324 e. The number of aromatic nitrogens is 3. The van der Waals surface area contributed by atoms with Gasteiger partial charge in [-0.25, -0.2) is 9.48 Å². The van der Waals surface area contributed by atoms with Gasteiger partial charge in [0.05, 0.1) is 36.0 Å². The highest BCUT2D eigenvalue weighted by Gasteiger charge is 2.32. The van der Waals surface area contributed by atoms with Gasteiger partial charge in [-0.05, 0) is 67.5 Å². The van der Waals surface area contributed by atoms with Crippen molar-refractivity contribution in [2.75, 3.05) is 51.0 Å². The lowest BCUT2D eigenvalue weighted by Crippen LogP contribution is -2.35. The Kier molecular flexibility index (Phi) is 9.75. The lowest BCUT2D eigenvalue weighted by atomic mass is 9.73. The Hall–Kier alpha value is -4.57. The third kappa shape index (κ3) is 7.54. The lowest BCUT2D eigenvalue weighted by Gasteiger charge is -2.31. The Morgan fingerprint density at radius 3 is 2.51 bits per heavy atom. The molecule has 3 aromatic carbocycles. The zero-order valence-corrected chi connectivity index (χ0v) is 28.9. The zero-order valence-electron chi connectivity index (χ0n) is 28.9. The van der Waals surface area contributed by atoms with Gasteiger partial charge in [-0.2, -0.15) is 5.10 Å². The Labute approximate surface area is 289 Å². The monoisotopic (exact) mass is 657 g/mol. The fourth-order valence-corrected chi connectivity index (χ4v) is 7.31. The molecule has 2 N–H and O–H groups in total. The van der Waals surface area contributed by atoms with Crippen molar-refractivity contribution in [3.63, 3.8) is 0 Å². The van der Waals surface area contributed by atoms with E-state index in [1.165, 1.54) is 24.8 Å². The second-order valence-electron chi connectivity index (χ2n) is 14.1. The number of nitrogens with one attached hydrogen (secondary N) is 2. The highest BCUT2D eigenvalue weighted by Crippen LogP contribution is 2.40. The SMILES string of the molecule is CN(C)Cc1cccc(-n2nc(C3(C)CCCCC3)cc2NC(=O)Nc2ccc3ccccc3c2-c2ccc(CN3CCOCC3)nc2)c1. The van der Waals surface area contributed by atoms with E-state index in [0.717, 1.165) is 96.9 Å². The number of rotatable bonds is 9. The number of hydrogen-bond acceptors (Lipinski definition) is 6. The van der Waals surface area contributed by atoms with E-state index in [-0.39, 0.29) is 11.4 Å². The minimum absolute atomic E-state index is 0.0237. The normalized spacial score (nSPS) is 16.6. The van der Waals surface area contributed by atoms with Crippen LogP contribution in [0.3, 0.4) is 0 Å². The van der Waals surface area contributed by atoms with Gasteiger partial charge in [0.25, 0.3) is 0 Å². The van der Waals surface area contributed by atoms with Crippen LogP contribution in [0, 0.1) is 0 Å². The van der Waals surface area contributed by atoms with Crippen LogP contribution < -0.4 is 10.6 Å². The van der Waals surface area contributed by atoms with E-state index in [0.29, 0.717) is 5.82 Å². The fraction of sp³-hybridized carbons (Fsp3) is 0.375. The van der Waals surface area contributed by atoms with Crippen molar-refractivity contribution in [3.8, 4) is 16.8 Å². The van der Waals surface area contributed by atoms with Crippen LogP contribution in [0.4, 0.5) is 16.3 Å². The molecule has 1 aliphatic heterocycles. The second-order valence-corrected chi connectivity index (χ2v) is 14.1. The molecule has 0 atom stereocenters. The molecule has 9 heteroatoms. The van der Waals surface area contributed by atoms with Crippen LogP contribution in [-0.4, -0.2) is 71.0 Å². The minimum Gasteiger partial charge on any atom is -0.379 e. The van der Waals surface area contributed by atoms with E-state index in [4.69, 9.17) is 14.8 Å².